The largest absolute Gasteiger partial charge is 0.491 e. The van der Waals surface area contributed by atoms with Gasteiger partial charge in [0.2, 0.25) is 0 Å². The maximum Gasteiger partial charge on any atom is 0.126 e. The number of hydrogen-bond donors (Lipinski definition) is 2. The second kappa shape index (κ2) is 8.85. The lowest BCUT2D eigenvalue weighted by molar-refractivity contribution is -1.00. The van der Waals surface area contributed by atoms with Gasteiger partial charge in [-0.2, -0.15) is 0 Å². The molecule has 4 nitrogen and oxygen atoms in total. The number of ether oxygens (including phenoxy) is 2. The van der Waals surface area contributed by atoms with Crippen molar-refractivity contribution >= 4 is 15.9 Å². The van der Waals surface area contributed by atoms with Gasteiger partial charge in [-0.05, 0) is 58.4 Å². The highest BCUT2D eigenvalue weighted by Gasteiger charge is 2.45. The third-order valence-electron chi connectivity index (χ3n) is 5.30. The topological polar surface area (TPSA) is 43.1 Å². The molecule has 1 aromatic carbocycles. The lowest BCUT2D eigenvalue weighted by atomic mass is 9.79. The molecule has 0 saturated carbocycles. The normalized spacial score (nSPS) is 21.0. The highest BCUT2D eigenvalue weighted by Crippen LogP contribution is 2.23. The van der Waals surface area contributed by atoms with Crippen LogP contribution in [0.2, 0.25) is 0 Å². The van der Waals surface area contributed by atoms with Crippen LogP contribution < -0.4 is 9.64 Å². The predicted octanol–water partition coefficient (Wildman–Crippen LogP) is 2.83. The summed E-state index contributed by atoms with van der Waals surface area (Å²) in [5.74, 6) is 0.827. The number of rotatable bonds is 8. The Hall–Kier alpha value is -0.620. The maximum absolute atomic E-state index is 10.4. The molecule has 0 bridgehead atoms. The monoisotopic (exact) mass is 414 g/mol. The highest BCUT2D eigenvalue weighted by molar-refractivity contribution is 9.10. The van der Waals surface area contributed by atoms with Gasteiger partial charge in [-0.3, -0.25) is 0 Å². The molecule has 1 atom stereocenters. The average Bonchev–Trinajstić information content (AvgIpc) is 2.52. The number of quaternary nitrogens is 1. The zero-order valence-corrected chi connectivity index (χ0v) is 17.6. The van der Waals surface area contributed by atoms with Crippen LogP contribution in [0, 0.1) is 0 Å². The van der Waals surface area contributed by atoms with Crippen molar-refractivity contribution in [3.8, 4) is 5.75 Å². The van der Waals surface area contributed by atoms with Crippen molar-refractivity contribution in [3.05, 3.63) is 28.7 Å². The van der Waals surface area contributed by atoms with Crippen molar-refractivity contribution in [2.45, 2.75) is 64.1 Å². The summed E-state index contributed by atoms with van der Waals surface area (Å²) in [6.45, 7) is 11.3. The van der Waals surface area contributed by atoms with Gasteiger partial charge in [0.15, 0.2) is 0 Å². The molecule has 0 aliphatic carbocycles. The minimum Gasteiger partial charge on any atom is -0.491 e. The second-order valence-corrected chi connectivity index (χ2v) is 9.25. The lowest BCUT2D eigenvalue weighted by Gasteiger charge is -2.50. The molecule has 0 unspecified atom stereocenters. The first-order valence-electron chi connectivity index (χ1n) is 9.22. The summed E-state index contributed by atoms with van der Waals surface area (Å²) in [4.78, 5) is 1.48. The van der Waals surface area contributed by atoms with E-state index in [4.69, 9.17) is 9.47 Å². The highest BCUT2D eigenvalue weighted by atomic mass is 79.9. The summed E-state index contributed by atoms with van der Waals surface area (Å²) >= 11 is 3.40. The van der Waals surface area contributed by atoms with E-state index >= 15 is 0 Å². The summed E-state index contributed by atoms with van der Waals surface area (Å²) in [5.41, 5.74) is 0.404. The molecule has 2 N–H and O–H groups in total. The van der Waals surface area contributed by atoms with Gasteiger partial charge in [-0.15, -0.1) is 0 Å². The van der Waals surface area contributed by atoms with Gasteiger partial charge >= 0.3 is 0 Å². The summed E-state index contributed by atoms with van der Waals surface area (Å²) in [5, 5.41) is 10.4. The molecular formula is C20H33BrNO3+. The van der Waals surface area contributed by atoms with Crippen molar-refractivity contribution in [3.63, 3.8) is 0 Å². The Labute approximate surface area is 160 Å². The van der Waals surface area contributed by atoms with Gasteiger partial charge in [-0.25, -0.2) is 0 Å². The van der Waals surface area contributed by atoms with Crippen LogP contribution in [-0.2, 0) is 4.74 Å². The molecule has 5 heteroatoms. The Morgan fingerprint density at radius 2 is 1.68 bits per heavy atom. The van der Waals surface area contributed by atoms with Gasteiger partial charge in [0, 0.05) is 17.3 Å². The average molecular weight is 415 g/mol. The minimum atomic E-state index is -0.445. The number of likely N-dealkylation sites (tertiary alicyclic amines) is 1. The van der Waals surface area contributed by atoms with Crippen molar-refractivity contribution in [2.75, 3.05) is 26.4 Å². The van der Waals surface area contributed by atoms with E-state index in [1.165, 1.54) is 24.2 Å². The van der Waals surface area contributed by atoms with Gasteiger partial charge in [0.05, 0.1) is 24.3 Å². The van der Waals surface area contributed by atoms with E-state index in [1.807, 2.05) is 24.3 Å². The lowest BCUT2D eigenvalue weighted by Crippen LogP contribution is -3.27. The Morgan fingerprint density at radius 3 is 2.28 bits per heavy atom. The van der Waals surface area contributed by atoms with E-state index in [-0.39, 0.29) is 11.1 Å². The van der Waals surface area contributed by atoms with Crippen LogP contribution in [0.25, 0.3) is 0 Å². The molecule has 0 spiro atoms. The summed E-state index contributed by atoms with van der Waals surface area (Å²) in [6.07, 6.45) is 3.24. The first-order chi connectivity index (χ1) is 11.7. The van der Waals surface area contributed by atoms with Gasteiger partial charge in [-0.1, -0.05) is 15.9 Å². The minimum absolute atomic E-state index is 0.202. The second-order valence-electron chi connectivity index (χ2n) is 8.34. The molecule has 142 valence electrons. The predicted molar refractivity (Wildman–Crippen MR) is 104 cm³/mol. The number of benzene rings is 1. The standard InChI is InChI=1S/C20H32BrNO3/c1-19(2)10-5-11-20(3,4)22(19)14-17(23)15-24-12-13-25-18-8-6-16(21)7-9-18/h6-9,17,23H,5,10-15H2,1-4H3/p+1/t17-/m1/s1. The van der Waals surface area contributed by atoms with Gasteiger partial charge in [0.25, 0.3) is 0 Å². The zero-order chi connectivity index (χ0) is 18.5. The molecule has 0 amide bonds. The third-order valence-corrected chi connectivity index (χ3v) is 5.83. The van der Waals surface area contributed by atoms with Crippen LogP contribution in [0.15, 0.2) is 28.7 Å². The van der Waals surface area contributed by atoms with Crippen LogP contribution in [0.3, 0.4) is 0 Å². The van der Waals surface area contributed by atoms with Gasteiger partial charge in [0.1, 0.15) is 25.0 Å². The Kier molecular flexibility index (Phi) is 7.32. The van der Waals surface area contributed by atoms with Crippen molar-refractivity contribution in [2.24, 2.45) is 0 Å². The molecule has 1 saturated heterocycles. The first-order valence-corrected chi connectivity index (χ1v) is 10.0. The van der Waals surface area contributed by atoms with Crippen LogP contribution in [-0.4, -0.2) is 48.7 Å². The smallest absolute Gasteiger partial charge is 0.126 e. The Bertz CT molecular complexity index is 514. The fourth-order valence-corrected chi connectivity index (χ4v) is 4.27. The molecule has 2 rings (SSSR count). The van der Waals surface area contributed by atoms with E-state index in [9.17, 15) is 5.11 Å². The van der Waals surface area contributed by atoms with Crippen LogP contribution in [0.5, 0.6) is 5.75 Å². The summed E-state index contributed by atoms with van der Waals surface area (Å²) < 4.78 is 12.3. The Balaban J connectivity index is 1.69. The fraction of sp³-hybridized carbons (Fsp3) is 0.700. The number of aliphatic hydroxyl groups excluding tert-OH is 1. The molecule has 1 aromatic rings. The van der Waals surface area contributed by atoms with Crippen LogP contribution in [0.1, 0.15) is 47.0 Å². The van der Waals surface area contributed by atoms with E-state index in [0.717, 1.165) is 16.8 Å². The first kappa shape index (κ1) is 20.7. The molecule has 0 radical (unpaired) electrons. The molecule has 1 aliphatic heterocycles. The number of hydrogen-bond acceptors (Lipinski definition) is 3. The zero-order valence-electron chi connectivity index (χ0n) is 16.0. The third kappa shape index (κ3) is 6.24. The fourth-order valence-electron chi connectivity index (χ4n) is 4.01. The number of piperidine rings is 1. The van der Waals surface area contributed by atoms with Crippen molar-refractivity contribution in [1.29, 1.82) is 0 Å². The summed E-state index contributed by atoms with van der Waals surface area (Å²) in [7, 11) is 0. The van der Waals surface area contributed by atoms with E-state index in [0.29, 0.717) is 19.8 Å². The Morgan fingerprint density at radius 1 is 1.08 bits per heavy atom. The molecule has 1 aliphatic rings. The SMILES string of the molecule is CC1(C)CCCC(C)(C)[NH+]1C[C@@H](O)COCCOc1ccc(Br)cc1. The molecular weight excluding hydrogens is 382 g/mol. The number of aliphatic hydroxyl groups is 1. The molecule has 1 heterocycles. The van der Waals surface area contributed by atoms with Crippen LogP contribution >= 0.6 is 15.9 Å². The number of halogens is 1. The van der Waals surface area contributed by atoms with Gasteiger partial charge < -0.3 is 19.5 Å². The maximum atomic E-state index is 10.4. The van der Waals surface area contributed by atoms with E-state index in [2.05, 4.69) is 43.6 Å². The van der Waals surface area contributed by atoms with E-state index < -0.39 is 6.10 Å². The molecule has 0 aromatic heterocycles. The summed E-state index contributed by atoms with van der Waals surface area (Å²) in [6, 6.07) is 7.74. The number of nitrogens with one attached hydrogen (secondary N) is 1. The molecule has 25 heavy (non-hydrogen) atoms. The van der Waals surface area contributed by atoms with E-state index in [1.54, 1.807) is 0 Å². The van der Waals surface area contributed by atoms with Crippen molar-refractivity contribution in [1.82, 2.24) is 0 Å². The quantitative estimate of drug-likeness (QED) is 0.642. The molecule has 1 fully saturated rings. The van der Waals surface area contributed by atoms with Crippen molar-refractivity contribution < 1.29 is 19.5 Å². The van der Waals surface area contributed by atoms with Crippen LogP contribution in [0.4, 0.5) is 0 Å².